The number of rotatable bonds is 4. The molecule has 1 aromatic heterocycles. The quantitative estimate of drug-likeness (QED) is 0.566. The van der Waals surface area contributed by atoms with Crippen LogP contribution in [0.15, 0.2) is 81.2 Å². The van der Waals surface area contributed by atoms with Crippen molar-refractivity contribution in [3.63, 3.8) is 0 Å². The van der Waals surface area contributed by atoms with Crippen LogP contribution < -0.4 is 11.0 Å². The monoisotopic (exact) mass is 368 g/mol. The van der Waals surface area contributed by atoms with Gasteiger partial charge in [-0.05, 0) is 33.6 Å². The first-order chi connectivity index (χ1) is 11.3. The minimum absolute atomic E-state index is 0.254. The molecule has 0 amide bonds. The fourth-order valence-corrected chi connectivity index (χ4v) is 2.34. The molecule has 0 bridgehead atoms. The molecular weight excluding hydrogens is 356 g/mol. The number of hydrogen-bond acceptors (Lipinski definition) is 4. The lowest BCUT2D eigenvalue weighted by atomic mass is 10.2. The maximum atomic E-state index is 12.4. The van der Waals surface area contributed by atoms with Crippen molar-refractivity contribution in [3.8, 4) is 5.69 Å². The van der Waals surface area contributed by atoms with Crippen molar-refractivity contribution in [1.82, 2.24) is 9.78 Å². The van der Waals surface area contributed by atoms with Crippen LogP contribution in [-0.4, -0.2) is 16.0 Å². The van der Waals surface area contributed by atoms with E-state index in [0.29, 0.717) is 15.8 Å². The summed E-state index contributed by atoms with van der Waals surface area (Å²) in [4.78, 5) is 12.4. The predicted octanol–water partition coefficient (Wildman–Crippen LogP) is 3.44. The molecule has 0 fully saturated rings. The van der Waals surface area contributed by atoms with Crippen molar-refractivity contribution in [2.24, 2.45) is 5.10 Å². The van der Waals surface area contributed by atoms with Crippen molar-refractivity contribution in [3.05, 3.63) is 87.3 Å². The van der Waals surface area contributed by atoms with E-state index in [9.17, 15) is 4.79 Å². The van der Waals surface area contributed by atoms with E-state index >= 15 is 0 Å². The van der Waals surface area contributed by atoms with E-state index in [4.69, 9.17) is 0 Å². The Balaban J connectivity index is 1.84. The molecule has 0 saturated heterocycles. The summed E-state index contributed by atoms with van der Waals surface area (Å²) >= 11 is 3.31. The van der Waals surface area contributed by atoms with Gasteiger partial charge in [0.2, 0.25) is 0 Å². The lowest BCUT2D eigenvalue weighted by molar-refractivity contribution is 0.801. The van der Waals surface area contributed by atoms with Gasteiger partial charge in [0, 0.05) is 0 Å². The van der Waals surface area contributed by atoms with Gasteiger partial charge in [-0.2, -0.15) is 14.9 Å². The number of nitrogens with one attached hydrogen (secondary N) is 1. The van der Waals surface area contributed by atoms with E-state index in [1.807, 2.05) is 60.7 Å². The molecule has 6 heteroatoms. The first-order valence-corrected chi connectivity index (χ1v) is 7.72. The highest BCUT2D eigenvalue weighted by Crippen LogP contribution is 2.17. The molecule has 0 unspecified atom stereocenters. The predicted molar refractivity (Wildman–Crippen MR) is 95.2 cm³/mol. The Morgan fingerprint density at radius 3 is 2.39 bits per heavy atom. The average Bonchev–Trinajstić information content (AvgIpc) is 2.60. The third-order valence-electron chi connectivity index (χ3n) is 3.12. The molecule has 0 saturated carbocycles. The van der Waals surface area contributed by atoms with Crippen molar-refractivity contribution in [2.45, 2.75) is 0 Å². The van der Waals surface area contributed by atoms with E-state index in [0.717, 1.165) is 5.56 Å². The van der Waals surface area contributed by atoms with Crippen LogP contribution in [0.4, 0.5) is 5.69 Å². The number of para-hydroxylation sites is 1. The first kappa shape index (κ1) is 15.2. The molecular formula is C17H13BrN4O. The van der Waals surface area contributed by atoms with E-state index < -0.39 is 0 Å². The third kappa shape index (κ3) is 3.54. The molecule has 3 aromatic rings. The standard InChI is InChI=1S/C17H13BrN4O/c18-16-15(21-19-11-13-7-3-1-4-8-13)12-20-22(17(16)23)14-9-5-2-6-10-14/h1-12,21H/b19-11-. The fraction of sp³-hybridized carbons (Fsp3) is 0. The van der Waals surface area contributed by atoms with Crippen LogP contribution >= 0.6 is 15.9 Å². The van der Waals surface area contributed by atoms with Gasteiger partial charge < -0.3 is 0 Å². The smallest absolute Gasteiger partial charge is 0.275 e. The lowest BCUT2D eigenvalue weighted by Gasteiger charge is -2.07. The topological polar surface area (TPSA) is 59.3 Å². The van der Waals surface area contributed by atoms with Crippen LogP contribution in [-0.2, 0) is 0 Å². The number of hydrazone groups is 1. The minimum Gasteiger partial charge on any atom is -0.275 e. The summed E-state index contributed by atoms with van der Waals surface area (Å²) in [6.07, 6.45) is 3.23. The van der Waals surface area contributed by atoms with Crippen LogP contribution in [0, 0.1) is 0 Å². The highest BCUT2D eigenvalue weighted by atomic mass is 79.9. The van der Waals surface area contributed by atoms with Crippen molar-refractivity contribution >= 4 is 27.8 Å². The van der Waals surface area contributed by atoms with Crippen LogP contribution in [0.2, 0.25) is 0 Å². The Labute approximate surface area is 141 Å². The summed E-state index contributed by atoms with van der Waals surface area (Å²) in [5.41, 5.74) is 4.75. The summed E-state index contributed by atoms with van der Waals surface area (Å²) in [5.74, 6) is 0. The number of nitrogens with zero attached hydrogens (tertiary/aromatic N) is 3. The Hall–Kier alpha value is -2.73. The average molecular weight is 369 g/mol. The van der Waals surface area contributed by atoms with Gasteiger partial charge in [0.15, 0.2) is 0 Å². The molecule has 0 aliphatic rings. The second-order valence-corrected chi connectivity index (χ2v) is 5.50. The second-order valence-electron chi connectivity index (χ2n) is 4.71. The first-order valence-electron chi connectivity index (χ1n) is 6.93. The molecule has 0 spiro atoms. The van der Waals surface area contributed by atoms with E-state index in [1.165, 1.54) is 4.68 Å². The Morgan fingerprint density at radius 2 is 1.70 bits per heavy atom. The SMILES string of the molecule is O=c1c(Br)c(N/N=C\c2ccccc2)cnn1-c1ccccc1. The summed E-state index contributed by atoms with van der Waals surface area (Å²) in [6.45, 7) is 0. The second kappa shape index (κ2) is 7.02. The van der Waals surface area contributed by atoms with Gasteiger partial charge in [0.05, 0.1) is 23.8 Å². The molecule has 0 atom stereocenters. The van der Waals surface area contributed by atoms with Crippen LogP contribution in [0.3, 0.4) is 0 Å². The molecule has 5 nitrogen and oxygen atoms in total. The Kier molecular flexibility index (Phi) is 4.63. The number of aromatic nitrogens is 2. The number of halogens is 1. The molecule has 0 radical (unpaired) electrons. The fourth-order valence-electron chi connectivity index (χ4n) is 1.98. The number of benzene rings is 2. The highest BCUT2D eigenvalue weighted by Gasteiger charge is 2.09. The summed E-state index contributed by atoms with van der Waals surface area (Å²) in [6, 6.07) is 18.9. The van der Waals surface area contributed by atoms with Crippen LogP contribution in [0.5, 0.6) is 0 Å². The van der Waals surface area contributed by atoms with E-state index in [2.05, 4.69) is 31.6 Å². The van der Waals surface area contributed by atoms with Gasteiger partial charge in [-0.3, -0.25) is 10.2 Å². The van der Waals surface area contributed by atoms with Crippen molar-refractivity contribution in [2.75, 3.05) is 5.43 Å². The van der Waals surface area contributed by atoms with Crippen molar-refractivity contribution < 1.29 is 0 Å². The summed E-state index contributed by atoms with van der Waals surface area (Å²) < 4.78 is 1.71. The maximum Gasteiger partial charge on any atom is 0.287 e. The van der Waals surface area contributed by atoms with Gasteiger partial charge >= 0.3 is 0 Å². The molecule has 3 rings (SSSR count). The van der Waals surface area contributed by atoms with E-state index in [1.54, 1.807) is 12.4 Å². The molecule has 23 heavy (non-hydrogen) atoms. The highest BCUT2D eigenvalue weighted by molar-refractivity contribution is 9.10. The molecule has 2 aromatic carbocycles. The summed E-state index contributed by atoms with van der Waals surface area (Å²) in [5, 5.41) is 8.30. The number of hydrogen-bond donors (Lipinski definition) is 1. The zero-order chi connectivity index (χ0) is 16.1. The Bertz CT molecular complexity index is 876. The molecule has 1 N–H and O–H groups in total. The lowest BCUT2D eigenvalue weighted by Crippen LogP contribution is -2.22. The molecule has 114 valence electrons. The minimum atomic E-state index is -0.254. The third-order valence-corrected chi connectivity index (χ3v) is 3.88. The maximum absolute atomic E-state index is 12.4. The van der Waals surface area contributed by atoms with Gasteiger partial charge in [-0.25, -0.2) is 0 Å². The van der Waals surface area contributed by atoms with Gasteiger partial charge in [0.25, 0.3) is 5.56 Å². The van der Waals surface area contributed by atoms with Crippen molar-refractivity contribution in [1.29, 1.82) is 0 Å². The van der Waals surface area contributed by atoms with Crippen LogP contribution in [0.25, 0.3) is 5.69 Å². The zero-order valence-electron chi connectivity index (χ0n) is 12.1. The van der Waals surface area contributed by atoms with Gasteiger partial charge in [-0.15, -0.1) is 0 Å². The van der Waals surface area contributed by atoms with Gasteiger partial charge in [0.1, 0.15) is 4.47 Å². The van der Waals surface area contributed by atoms with E-state index in [-0.39, 0.29) is 5.56 Å². The molecule has 1 heterocycles. The Morgan fingerprint density at radius 1 is 1.04 bits per heavy atom. The molecule has 0 aliphatic heterocycles. The van der Waals surface area contributed by atoms with Gasteiger partial charge in [-0.1, -0.05) is 48.5 Å². The number of anilines is 1. The summed E-state index contributed by atoms with van der Waals surface area (Å²) in [7, 11) is 0. The largest absolute Gasteiger partial charge is 0.287 e. The molecule has 0 aliphatic carbocycles. The normalized spacial score (nSPS) is 10.8. The zero-order valence-corrected chi connectivity index (χ0v) is 13.6. The van der Waals surface area contributed by atoms with Crippen LogP contribution in [0.1, 0.15) is 5.56 Å².